The molecule has 170 valence electrons. The summed E-state index contributed by atoms with van der Waals surface area (Å²) in [4.78, 5) is 33.8. The lowest BCUT2D eigenvalue weighted by Gasteiger charge is -2.41. The first-order valence-electron chi connectivity index (χ1n) is 11.3. The number of hydrogen-bond donors (Lipinski definition) is 2. The summed E-state index contributed by atoms with van der Waals surface area (Å²) in [6.07, 6.45) is 6.76. The Morgan fingerprint density at radius 1 is 1.32 bits per heavy atom. The molecule has 2 aliphatic heterocycles. The first-order valence-corrected chi connectivity index (χ1v) is 11.6. The predicted octanol–water partition coefficient (Wildman–Crippen LogP) is 3.43. The molecule has 0 aromatic carbocycles. The third-order valence-corrected chi connectivity index (χ3v) is 7.15. The Balaban J connectivity index is 1.45. The molecular formula is C22H31ClN4O4. The van der Waals surface area contributed by atoms with Gasteiger partial charge in [-0.2, -0.15) is 0 Å². The summed E-state index contributed by atoms with van der Waals surface area (Å²) in [5.74, 6) is 0.887. The van der Waals surface area contributed by atoms with E-state index in [1.54, 1.807) is 19.2 Å². The van der Waals surface area contributed by atoms with Crippen molar-refractivity contribution in [2.75, 3.05) is 36.5 Å². The largest absolute Gasteiger partial charge is 0.450 e. The van der Waals surface area contributed by atoms with E-state index in [9.17, 15) is 14.7 Å². The monoisotopic (exact) mass is 450 g/mol. The normalized spacial score (nSPS) is 28.8. The number of hydrogen-bond acceptors (Lipinski definition) is 6. The fourth-order valence-corrected chi connectivity index (χ4v) is 5.56. The Kier molecular flexibility index (Phi) is 6.57. The minimum absolute atomic E-state index is 0.220. The number of pyridine rings is 1. The van der Waals surface area contributed by atoms with Gasteiger partial charge in [0.05, 0.1) is 35.0 Å². The second-order valence-corrected chi connectivity index (χ2v) is 9.30. The summed E-state index contributed by atoms with van der Waals surface area (Å²) in [6, 6.07) is 1.92. The molecule has 31 heavy (non-hydrogen) atoms. The molecule has 3 fully saturated rings. The third-order valence-electron chi connectivity index (χ3n) is 6.87. The smallest absolute Gasteiger partial charge is 0.411 e. The lowest BCUT2D eigenvalue weighted by molar-refractivity contribution is -0.139. The number of amides is 2. The lowest BCUT2D eigenvalue weighted by atomic mass is 9.78. The number of halogens is 1. The van der Waals surface area contributed by atoms with Gasteiger partial charge in [-0.1, -0.05) is 11.6 Å². The molecule has 1 spiro atoms. The molecule has 1 saturated carbocycles. The summed E-state index contributed by atoms with van der Waals surface area (Å²) < 4.78 is 4.89. The molecule has 1 aromatic rings. The number of nitrogens with one attached hydrogen (secondary N) is 1. The van der Waals surface area contributed by atoms with E-state index in [4.69, 9.17) is 16.3 Å². The average Bonchev–Trinajstić information content (AvgIpc) is 3.04. The van der Waals surface area contributed by atoms with E-state index in [1.807, 2.05) is 0 Å². The first kappa shape index (κ1) is 22.1. The number of aliphatic hydroxyl groups is 1. The number of ether oxygens (including phenoxy) is 1. The number of piperidine rings is 1. The Hall–Kier alpha value is -2.06. The highest BCUT2D eigenvalue weighted by molar-refractivity contribution is 6.33. The van der Waals surface area contributed by atoms with Gasteiger partial charge in [-0.3, -0.25) is 10.1 Å². The van der Waals surface area contributed by atoms with Gasteiger partial charge in [0.1, 0.15) is 5.82 Å². The fraction of sp³-hybridized carbons (Fsp3) is 0.682. The highest BCUT2D eigenvalue weighted by Crippen LogP contribution is 2.44. The number of nitrogens with zero attached hydrogens (tertiary/aromatic N) is 3. The minimum atomic E-state index is -0.545. The summed E-state index contributed by atoms with van der Waals surface area (Å²) in [7, 11) is 0. The molecule has 1 aliphatic carbocycles. The summed E-state index contributed by atoms with van der Waals surface area (Å²) >= 11 is 6.50. The molecule has 1 aromatic heterocycles. The highest BCUT2D eigenvalue weighted by Gasteiger charge is 2.51. The minimum Gasteiger partial charge on any atom is -0.450 e. The fourth-order valence-electron chi connectivity index (χ4n) is 5.27. The topological polar surface area (TPSA) is 95.0 Å². The van der Waals surface area contributed by atoms with E-state index in [0.29, 0.717) is 23.1 Å². The lowest BCUT2D eigenvalue weighted by Crippen LogP contribution is -2.50. The van der Waals surface area contributed by atoms with Crippen LogP contribution in [0.1, 0.15) is 51.9 Å². The quantitative estimate of drug-likeness (QED) is 0.729. The van der Waals surface area contributed by atoms with Crippen molar-refractivity contribution >= 4 is 35.1 Å². The summed E-state index contributed by atoms with van der Waals surface area (Å²) in [6.45, 7) is 4.21. The number of rotatable bonds is 4. The van der Waals surface area contributed by atoms with Crippen LogP contribution in [0.4, 0.5) is 16.3 Å². The van der Waals surface area contributed by atoms with Crippen LogP contribution in [-0.4, -0.2) is 65.4 Å². The van der Waals surface area contributed by atoms with Gasteiger partial charge >= 0.3 is 6.09 Å². The first-order chi connectivity index (χ1) is 14.9. The maximum atomic E-state index is 13.5. The molecule has 0 unspecified atom stereocenters. The molecule has 0 radical (unpaired) electrons. The van der Waals surface area contributed by atoms with Crippen molar-refractivity contribution in [1.29, 1.82) is 0 Å². The molecule has 1 atom stereocenters. The molecule has 8 nitrogen and oxygen atoms in total. The van der Waals surface area contributed by atoms with Gasteiger partial charge in [-0.15, -0.1) is 0 Å². The zero-order valence-corrected chi connectivity index (χ0v) is 18.7. The van der Waals surface area contributed by atoms with Gasteiger partial charge < -0.3 is 19.6 Å². The van der Waals surface area contributed by atoms with E-state index >= 15 is 0 Å². The van der Waals surface area contributed by atoms with Crippen LogP contribution < -0.4 is 10.2 Å². The molecule has 2 saturated heterocycles. The van der Waals surface area contributed by atoms with Crippen LogP contribution in [0.15, 0.2) is 12.3 Å². The van der Waals surface area contributed by atoms with Gasteiger partial charge in [-0.05, 0) is 57.9 Å². The maximum absolute atomic E-state index is 13.5. The molecule has 0 bridgehead atoms. The number of aromatic nitrogens is 1. The Labute approximate surface area is 187 Å². The van der Waals surface area contributed by atoms with Crippen LogP contribution in [0.2, 0.25) is 5.02 Å². The van der Waals surface area contributed by atoms with Crippen molar-refractivity contribution in [2.45, 2.75) is 64.0 Å². The number of carbonyl (C=O) groups excluding carboxylic acids is 2. The zero-order valence-electron chi connectivity index (χ0n) is 18.0. The Bertz CT molecular complexity index is 830. The molecule has 2 amide bonds. The molecule has 3 heterocycles. The van der Waals surface area contributed by atoms with E-state index in [1.165, 1.54) is 0 Å². The van der Waals surface area contributed by atoms with Crippen molar-refractivity contribution in [2.24, 2.45) is 5.41 Å². The van der Waals surface area contributed by atoms with E-state index in [2.05, 4.69) is 20.1 Å². The van der Waals surface area contributed by atoms with Crippen molar-refractivity contribution in [3.05, 3.63) is 17.3 Å². The van der Waals surface area contributed by atoms with Crippen LogP contribution in [0.3, 0.4) is 0 Å². The van der Waals surface area contributed by atoms with Crippen molar-refractivity contribution < 1.29 is 19.4 Å². The average molecular weight is 451 g/mol. The Morgan fingerprint density at radius 2 is 2.10 bits per heavy atom. The summed E-state index contributed by atoms with van der Waals surface area (Å²) in [5, 5.41) is 12.8. The number of carbonyl (C=O) groups is 2. The van der Waals surface area contributed by atoms with Crippen LogP contribution in [0, 0.1) is 5.41 Å². The second-order valence-electron chi connectivity index (χ2n) is 8.89. The van der Waals surface area contributed by atoms with Gasteiger partial charge in [0.2, 0.25) is 5.91 Å². The van der Waals surface area contributed by atoms with Crippen LogP contribution >= 0.6 is 11.6 Å². The van der Waals surface area contributed by atoms with Crippen LogP contribution in [0.5, 0.6) is 0 Å². The second kappa shape index (κ2) is 9.20. The number of likely N-dealkylation sites (tertiary alicyclic amines) is 1. The molecule has 3 aliphatic rings. The molecule has 9 heteroatoms. The van der Waals surface area contributed by atoms with E-state index < -0.39 is 6.09 Å². The molecule has 2 N–H and O–H groups in total. The third kappa shape index (κ3) is 4.60. The van der Waals surface area contributed by atoms with Crippen molar-refractivity contribution in [3.8, 4) is 0 Å². The van der Waals surface area contributed by atoms with Gasteiger partial charge in [0.25, 0.3) is 0 Å². The number of aliphatic hydroxyl groups excluding tert-OH is 1. The van der Waals surface area contributed by atoms with Crippen LogP contribution in [0.25, 0.3) is 0 Å². The van der Waals surface area contributed by atoms with Gasteiger partial charge in [0.15, 0.2) is 0 Å². The molecular weight excluding hydrogens is 420 g/mol. The summed E-state index contributed by atoms with van der Waals surface area (Å²) in [5.41, 5.74) is 0.0859. The van der Waals surface area contributed by atoms with Crippen molar-refractivity contribution in [3.63, 3.8) is 0 Å². The van der Waals surface area contributed by atoms with Gasteiger partial charge in [0, 0.05) is 25.7 Å². The number of anilines is 2. The standard InChI is InChI=1S/C22H31ClN4O4/c1-2-31-21(30)25-15-12-18(23)19(24-13-15)26-10-3-8-22(14-26)9-11-27(20(22)29)16-4-6-17(28)7-5-16/h12-13,16-17,28H,2-11,14H2,1H3,(H,25,30)/t16-,17+,22-/m0/s1. The van der Waals surface area contributed by atoms with E-state index in [-0.39, 0.29) is 30.1 Å². The predicted molar refractivity (Wildman–Crippen MR) is 118 cm³/mol. The van der Waals surface area contributed by atoms with Crippen molar-refractivity contribution in [1.82, 2.24) is 9.88 Å². The zero-order chi connectivity index (χ0) is 22.0. The van der Waals surface area contributed by atoms with Gasteiger partial charge in [-0.25, -0.2) is 9.78 Å². The van der Waals surface area contributed by atoms with Crippen LogP contribution in [-0.2, 0) is 9.53 Å². The van der Waals surface area contributed by atoms with E-state index in [0.717, 1.165) is 58.0 Å². The Morgan fingerprint density at radius 3 is 2.81 bits per heavy atom. The highest BCUT2D eigenvalue weighted by atomic mass is 35.5. The molecule has 4 rings (SSSR count). The SMILES string of the molecule is CCOC(=O)Nc1cnc(N2CCC[C@]3(CCN([C@H]4CC[C@@H](O)CC4)C3=O)C2)c(Cl)c1. The maximum Gasteiger partial charge on any atom is 0.411 e.